The maximum Gasteiger partial charge on any atom is 0.243 e. The highest BCUT2D eigenvalue weighted by atomic mass is 32.2. The van der Waals surface area contributed by atoms with Gasteiger partial charge in [0, 0.05) is 39.3 Å². The Hall–Kier alpha value is -2.91. The van der Waals surface area contributed by atoms with Crippen molar-refractivity contribution in [3.8, 4) is 5.75 Å². The second-order valence-corrected chi connectivity index (χ2v) is 10.4. The van der Waals surface area contributed by atoms with Crippen LogP contribution in [0, 0.1) is 0 Å². The van der Waals surface area contributed by atoms with Gasteiger partial charge in [-0.15, -0.1) is 0 Å². The number of rotatable bonds is 5. The Balaban J connectivity index is 1.32. The molecular weight excluding hydrogens is 438 g/mol. The Morgan fingerprint density at radius 2 is 1.58 bits per heavy atom. The molecule has 5 rings (SSSR count). The molecule has 0 radical (unpaired) electrons. The molecule has 2 aliphatic rings. The molecule has 0 spiro atoms. The van der Waals surface area contributed by atoms with E-state index in [0.717, 1.165) is 62.7 Å². The summed E-state index contributed by atoms with van der Waals surface area (Å²) < 4.78 is 33.1. The molecule has 1 aromatic heterocycles. The average molecular weight is 468 g/mol. The third-order valence-corrected chi connectivity index (χ3v) is 8.38. The molecule has 0 amide bonds. The molecule has 2 saturated heterocycles. The number of para-hydroxylation sites is 2. The van der Waals surface area contributed by atoms with Crippen molar-refractivity contribution in [2.24, 2.45) is 0 Å². The molecule has 0 atom stereocenters. The molecule has 9 heteroatoms. The van der Waals surface area contributed by atoms with Crippen LogP contribution in [0.4, 0.5) is 11.5 Å². The predicted octanol–water partition coefficient (Wildman–Crippen LogP) is 3.14. The van der Waals surface area contributed by atoms with Gasteiger partial charge in [-0.05, 0) is 43.2 Å². The first-order chi connectivity index (χ1) is 16.1. The molecule has 0 aliphatic carbocycles. The van der Waals surface area contributed by atoms with Crippen LogP contribution >= 0.6 is 0 Å². The highest BCUT2D eigenvalue weighted by Crippen LogP contribution is 2.29. The monoisotopic (exact) mass is 467 g/mol. The van der Waals surface area contributed by atoms with Gasteiger partial charge in [-0.3, -0.25) is 4.98 Å². The number of piperidine rings is 1. The standard InChI is InChI=1S/C24H29N5O3S/c1-32-23-8-4-3-7-22(23)27-13-15-28(16-14-27)24-18-25-21-17-19(9-10-20(21)26-24)33(30,31)29-11-5-2-6-12-29/h3-4,7-10,17-18H,2,5-6,11-16H2,1H3. The van der Waals surface area contributed by atoms with Gasteiger partial charge in [0.2, 0.25) is 10.0 Å². The smallest absolute Gasteiger partial charge is 0.243 e. The van der Waals surface area contributed by atoms with Gasteiger partial charge in [0.05, 0.1) is 34.9 Å². The van der Waals surface area contributed by atoms with Gasteiger partial charge in [0.15, 0.2) is 0 Å². The number of benzene rings is 2. The van der Waals surface area contributed by atoms with Crippen molar-refractivity contribution in [2.75, 3.05) is 56.2 Å². The number of aromatic nitrogens is 2. The van der Waals surface area contributed by atoms with E-state index in [4.69, 9.17) is 9.72 Å². The van der Waals surface area contributed by atoms with Crippen LogP contribution in [0.3, 0.4) is 0 Å². The molecule has 33 heavy (non-hydrogen) atoms. The summed E-state index contributed by atoms with van der Waals surface area (Å²) in [6.45, 7) is 4.52. The Bertz CT molecular complexity index is 1240. The zero-order valence-corrected chi connectivity index (χ0v) is 19.7. The van der Waals surface area contributed by atoms with Crippen LogP contribution in [0.5, 0.6) is 5.75 Å². The van der Waals surface area contributed by atoms with E-state index in [9.17, 15) is 8.42 Å². The number of anilines is 2. The van der Waals surface area contributed by atoms with Gasteiger partial charge in [-0.2, -0.15) is 4.31 Å². The quantitative estimate of drug-likeness (QED) is 0.570. The lowest BCUT2D eigenvalue weighted by Gasteiger charge is -2.37. The van der Waals surface area contributed by atoms with Gasteiger partial charge in [-0.25, -0.2) is 13.4 Å². The van der Waals surface area contributed by atoms with Gasteiger partial charge >= 0.3 is 0 Å². The predicted molar refractivity (Wildman–Crippen MR) is 130 cm³/mol. The lowest BCUT2D eigenvalue weighted by molar-refractivity contribution is 0.346. The second kappa shape index (κ2) is 9.15. The van der Waals surface area contributed by atoms with E-state index in [2.05, 4.69) is 20.9 Å². The normalized spacial score (nSPS) is 18.0. The first kappa shape index (κ1) is 21.9. The summed E-state index contributed by atoms with van der Waals surface area (Å²) in [4.78, 5) is 14.2. The SMILES string of the molecule is COc1ccccc1N1CCN(c2cnc3cc(S(=O)(=O)N4CCCCC4)ccc3n2)CC1. The number of nitrogens with zero attached hydrogens (tertiary/aromatic N) is 5. The Kier molecular flexibility index (Phi) is 6.07. The van der Waals surface area contributed by atoms with Crippen molar-refractivity contribution < 1.29 is 13.2 Å². The van der Waals surface area contributed by atoms with Crippen LogP contribution < -0.4 is 14.5 Å². The number of ether oxygens (including phenoxy) is 1. The number of hydrogen-bond acceptors (Lipinski definition) is 7. The Morgan fingerprint density at radius 3 is 2.33 bits per heavy atom. The molecule has 0 saturated carbocycles. The van der Waals surface area contributed by atoms with Gasteiger partial charge < -0.3 is 14.5 Å². The minimum absolute atomic E-state index is 0.296. The molecule has 0 unspecified atom stereocenters. The molecule has 3 aromatic rings. The molecular formula is C24H29N5O3S. The number of sulfonamides is 1. The molecule has 2 aliphatic heterocycles. The summed E-state index contributed by atoms with van der Waals surface area (Å²) in [7, 11) is -1.79. The number of piperazine rings is 1. The molecule has 3 heterocycles. The first-order valence-electron chi connectivity index (χ1n) is 11.5. The number of hydrogen-bond donors (Lipinski definition) is 0. The summed E-state index contributed by atoms with van der Waals surface area (Å²) in [5, 5.41) is 0. The van der Waals surface area contributed by atoms with Crippen molar-refractivity contribution in [3.63, 3.8) is 0 Å². The molecule has 8 nitrogen and oxygen atoms in total. The fourth-order valence-electron chi connectivity index (χ4n) is 4.62. The van der Waals surface area contributed by atoms with Crippen LogP contribution in [-0.2, 0) is 10.0 Å². The Labute approximate surface area is 194 Å². The summed E-state index contributed by atoms with van der Waals surface area (Å²) in [5.41, 5.74) is 2.41. The highest BCUT2D eigenvalue weighted by Gasteiger charge is 2.26. The van der Waals surface area contributed by atoms with Crippen molar-refractivity contribution in [3.05, 3.63) is 48.7 Å². The largest absolute Gasteiger partial charge is 0.495 e. The number of fused-ring (bicyclic) bond motifs is 1. The Morgan fingerprint density at radius 1 is 0.848 bits per heavy atom. The van der Waals surface area contributed by atoms with Crippen LogP contribution in [0.2, 0.25) is 0 Å². The van der Waals surface area contributed by atoms with Crippen molar-refractivity contribution in [1.29, 1.82) is 0 Å². The van der Waals surface area contributed by atoms with Crippen molar-refractivity contribution >= 4 is 32.6 Å². The van der Waals surface area contributed by atoms with Crippen LogP contribution in [0.15, 0.2) is 53.6 Å². The lowest BCUT2D eigenvalue weighted by atomic mass is 10.2. The van der Waals surface area contributed by atoms with E-state index in [1.165, 1.54) is 0 Å². The topological polar surface area (TPSA) is 78.9 Å². The van der Waals surface area contributed by atoms with Crippen molar-refractivity contribution in [2.45, 2.75) is 24.2 Å². The van der Waals surface area contributed by atoms with Gasteiger partial charge in [0.1, 0.15) is 11.6 Å². The lowest BCUT2D eigenvalue weighted by Crippen LogP contribution is -2.47. The van der Waals surface area contributed by atoms with E-state index in [0.29, 0.717) is 29.0 Å². The summed E-state index contributed by atoms with van der Waals surface area (Å²) in [5.74, 6) is 1.69. The highest BCUT2D eigenvalue weighted by molar-refractivity contribution is 7.89. The van der Waals surface area contributed by atoms with Gasteiger partial charge in [-0.1, -0.05) is 18.6 Å². The fraction of sp³-hybridized carbons (Fsp3) is 0.417. The van der Waals surface area contributed by atoms with Crippen LogP contribution in [0.25, 0.3) is 11.0 Å². The molecule has 2 fully saturated rings. The fourth-order valence-corrected chi connectivity index (χ4v) is 6.15. The van der Waals surface area contributed by atoms with E-state index in [-0.39, 0.29) is 0 Å². The maximum atomic E-state index is 13.0. The van der Waals surface area contributed by atoms with E-state index < -0.39 is 10.0 Å². The van der Waals surface area contributed by atoms with Gasteiger partial charge in [0.25, 0.3) is 0 Å². The summed E-state index contributed by atoms with van der Waals surface area (Å²) >= 11 is 0. The number of methoxy groups -OCH3 is 1. The van der Waals surface area contributed by atoms with E-state index in [1.54, 1.807) is 35.8 Å². The molecule has 0 bridgehead atoms. The molecule has 2 aromatic carbocycles. The van der Waals surface area contributed by atoms with Crippen LogP contribution in [0.1, 0.15) is 19.3 Å². The average Bonchev–Trinajstić information content (AvgIpc) is 2.88. The zero-order chi connectivity index (χ0) is 22.8. The summed E-state index contributed by atoms with van der Waals surface area (Å²) in [6, 6.07) is 13.1. The molecule has 0 N–H and O–H groups in total. The zero-order valence-electron chi connectivity index (χ0n) is 18.9. The third kappa shape index (κ3) is 4.35. The summed E-state index contributed by atoms with van der Waals surface area (Å²) in [6.07, 6.45) is 4.67. The first-order valence-corrected chi connectivity index (χ1v) is 12.9. The van der Waals surface area contributed by atoms with Crippen LogP contribution in [-0.4, -0.2) is 69.1 Å². The molecule has 174 valence electrons. The van der Waals surface area contributed by atoms with Crippen molar-refractivity contribution in [1.82, 2.24) is 14.3 Å². The minimum Gasteiger partial charge on any atom is -0.495 e. The second-order valence-electron chi connectivity index (χ2n) is 8.49. The minimum atomic E-state index is -3.48. The van der Waals surface area contributed by atoms with E-state index in [1.807, 2.05) is 18.2 Å². The maximum absolute atomic E-state index is 13.0. The third-order valence-electron chi connectivity index (χ3n) is 6.48. The van der Waals surface area contributed by atoms with E-state index >= 15 is 0 Å².